The predicted octanol–water partition coefficient (Wildman–Crippen LogP) is 4.05. The van der Waals surface area contributed by atoms with E-state index >= 15 is 0 Å². The molecule has 5 nitrogen and oxygen atoms in total. The van der Waals surface area contributed by atoms with Gasteiger partial charge in [-0.2, -0.15) is 5.26 Å². The van der Waals surface area contributed by atoms with E-state index in [9.17, 15) is 9.18 Å². The van der Waals surface area contributed by atoms with Gasteiger partial charge in [0.2, 0.25) is 5.91 Å². The normalized spacial score (nSPS) is 10.5. The van der Waals surface area contributed by atoms with Gasteiger partial charge in [-0.05, 0) is 60.2 Å². The Labute approximate surface area is 168 Å². The lowest BCUT2D eigenvalue weighted by Gasteiger charge is -2.08. The Hall–Kier alpha value is -2.98. The number of hydrogen-bond donors (Lipinski definition) is 1. The van der Waals surface area contributed by atoms with Gasteiger partial charge in [0, 0.05) is 17.5 Å². The molecule has 0 aromatic heterocycles. The molecule has 146 valence electrons. The van der Waals surface area contributed by atoms with Crippen LogP contribution in [0.25, 0.3) is 6.08 Å². The summed E-state index contributed by atoms with van der Waals surface area (Å²) in [5, 5.41) is 11.4. The van der Waals surface area contributed by atoms with Crippen LogP contribution in [0, 0.1) is 17.1 Å². The quantitative estimate of drug-likeness (QED) is 0.370. The zero-order valence-electron chi connectivity index (χ0n) is 15.5. The lowest BCUT2D eigenvalue weighted by Crippen LogP contribution is -2.22. The fourth-order valence-electron chi connectivity index (χ4n) is 2.25. The maximum Gasteiger partial charge on any atom is 0.243 e. The Morgan fingerprint density at radius 1 is 1.25 bits per heavy atom. The van der Waals surface area contributed by atoms with Crippen molar-refractivity contribution >= 4 is 23.7 Å². The molecule has 1 N–H and O–H groups in total. The molecule has 7 heteroatoms. The van der Waals surface area contributed by atoms with Crippen LogP contribution >= 0.6 is 11.8 Å². The average molecular weight is 400 g/mol. The van der Waals surface area contributed by atoms with Crippen LogP contribution in [0.3, 0.4) is 0 Å². The van der Waals surface area contributed by atoms with Crippen molar-refractivity contribution in [3.05, 3.63) is 59.9 Å². The number of nitriles is 1. The molecule has 0 aliphatic carbocycles. The van der Waals surface area contributed by atoms with Crippen molar-refractivity contribution in [1.82, 2.24) is 5.32 Å². The highest BCUT2D eigenvalue weighted by atomic mass is 32.2. The van der Waals surface area contributed by atoms with Crippen molar-refractivity contribution in [1.29, 1.82) is 5.26 Å². The van der Waals surface area contributed by atoms with Gasteiger partial charge in [0.1, 0.15) is 11.9 Å². The first-order valence-corrected chi connectivity index (χ1v) is 9.63. The molecule has 0 saturated heterocycles. The number of nitrogens with zero attached hydrogens (tertiary/aromatic N) is 1. The van der Waals surface area contributed by atoms with Crippen molar-refractivity contribution in [2.45, 2.75) is 11.3 Å². The van der Waals surface area contributed by atoms with Gasteiger partial charge in [-0.25, -0.2) is 4.39 Å². The third-order valence-corrected chi connectivity index (χ3v) is 4.71. The molecule has 28 heavy (non-hydrogen) atoms. The van der Waals surface area contributed by atoms with E-state index in [0.29, 0.717) is 18.0 Å². The van der Waals surface area contributed by atoms with Gasteiger partial charge < -0.3 is 14.8 Å². The standard InChI is InChI=1S/C21H21FN2O3S/c1-26-20-15-16(3-9-19(20)27-13-11-23)4-10-21(25)24-12-2-14-28-18-7-5-17(22)6-8-18/h3-10,15H,2,12-14H2,1H3,(H,24,25). The second kappa shape index (κ2) is 11.7. The van der Waals surface area contributed by atoms with Gasteiger partial charge in [-0.15, -0.1) is 11.8 Å². The number of hydrogen-bond acceptors (Lipinski definition) is 5. The number of carbonyl (C=O) groups is 1. The van der Waals surface area contributed by atoms with Gasteiger partial charge in [0.25, 0.3) is 0 Å². The minimum absolute atomic E-state index is 0.0621. The smallest absolute Gasteiger partial charge is 0.243 e. The number of benzene rings is 2. The summed E-state index contributed by atoms with van der Waals surface area (Å²) < 4.78 is 23.3. The van der Waals surface area contributed by atoms with Gasteiger partial charge in [-0.3, -0.25) is 4.79 Å². The Kier molecular flexibility index (Phi) is 8.89. The van der Waals surface area contributed by atoms with E-state index in [-0.39, 0.29) is 18.3 Å². The van der Waals surface area contributed by atoms with Crippen molar-refractivity contribution in [3.63, 3.8) is 0 Å². The van der Waals surface area contributed by atoms with Gasteiger partial charge in [0.05, 0.1) is 7.11 Å². The van der Waals surface area contributed by atoms with Crippen LogP contribution in [0.4, 0.5) is 4.39 Å². The first-order valence-electron chi connectivity index (χ1n) is 8.64. The van der Waals surface area contributed by atoms with Crippen LogP contribution in [0.2, 0.25) is 0 Å². The van der Waals surface area contributed by atoms with Crippen molar-refractivity contribution in [3.8, 4) is 17.6 Å². The maximum atomic E-state index is 12.8. The van der Waals surface area contributed by atoms with Gasteiger partial charge in [0.15, 0.2) is 18.1 Å². The fraction of sp³-hybridized carbons (Fsp3) is 0.238. The number of carbonyl (C=O) groups excluding carboxylic acids is 1. The summed E-state index contributed by atoms with van der Waals surface area (Å²) in [6, 6.07) is 13.5. The van der Waals surface area contributed by atoms with E-state index in [1.54, 1.807) is 48.2 Å². The largest absolute Gasteiger partial charge is 0.493 e. The molecule has 2 rings (SSSR count). The molecule has 0 spiro atoms. The summed E-state index contributed by atoms with van der Waals surface area (Å²) in [6.07, 6.45) is 3.94. The van der Waals surface area contributed by atoms with E-state index < -0.39 is 0 Å². The molecule has 0 aliphatic heterocycles. The minimum atomic E-state index is -0.245. The lowest BCUT2D eigenvalue weighted by atomic mass is 10.2. The van der Waals surface area contributed by atoms with E-state index in [0.717, 1.165) is 22.6 Å². The number of thioether (sulfide) groups is 1. The van der Waals surface area contributed by atoms with Crippen LogP contribution in [0.5, 0.6) is 11.5 Å². The van der Waals surface area contributed by atoms with Gasteiger partial charge >= 0.3 is 0 Å². The molecule has 2 aromatic carbocycles. The summed E-state index contributed by atoms with van der Waals surface area (Å²) >= 11 is 1.62. The molecule has 1 amide bonds. The van der Waals surface area contributed by atoms with Crippen LogP contribution in [0.15, 0.2) is 53.4 Å². The first-order chi connectivity index (χ1) is 13.6. The Morgan fingerprint density at radius 2 is 2.04 bits per heavy atom. The molecule has 0 unspecified atom stereocenters. The summed E-state index contributed by atoms with van der Waals surface area (Å²) in [4.78, 5) is 12.9. The second-order valence-electron chi connectivity index (χ2n) is 5.64. The SMILES string of the molecule is COc1cc(C=CC(=O)NCCCSc2ccc(F)cc2)ccc1OCC#N. The van der Waals surface area contributed by atoms with Crippen LogP contribution in [-0.4, -0.2) is 31.9 Å². The molecule has 0 heterocycles. The summed E-state index contributed by atoms with van der Waals surface area (Å²) in [6.45, 7) is 0.495. The molecule has 0 saturated carbocycles. The van der Waals surface area contributed by atoms with Crippen molar-refractivity contribution in [2.75, 3.05) is 26.0 Å². The Balaban J connectivity index is 1.74. The summed E-state index contributed by atoms with van der Waals surface area (Å²) in [7, 11) is 1.51. The number of nitrogens with one attached hydrogen (secondary N) is 1. The van der Waals surface area contributed by atoms with Crippen molar-refractivity contribution < 1.29 is 18.7 Å². The summed E-state index contributed by atoms with van der Waals surface area (Å²) in [5.74, 6) is 1.37. The number of halogens is 1. The van der Waals surface area contributed by atoms with E-state index in [1.807, 2.05) is 6.07 Å². The minimum Gasteiger partial charge on any atom is -0.493 e. The highest BCUT2D eigenvalue weighted by Gasteiger charge is 2.05. The molecule has 0 atom stereocenters. The number of ether oxygens (including phenoxy) is 2. The van der Waals surface area contributed by atoms with E-state index in [4.69, 9.17) is 14.7 Å². The Bertz CT molecular complexity index is 848. The molecule has 0 radical (unpaired) electrons. The molecule has 2 aromatic rings. The summed E-state index contributed by atoms with van der Waals surface area (Å²) in [5.41, 5.74) is 0.781. The van der Waals surface area contributed by atoms with Crippen LogP contribution in [-0.2, 0) is 4.79 Å². The molecule has 0 aliphatic rings. The van der Waals surface area contributed by atoms with Crippen LogP contribution in [0.1, 0.15) is 12.0 Å². The Morgan fingerprint density at radius 3 is 2.75 bits per heavy atom. The fourth-order valence-corrected chi connectivity index (χ4v) is 3.11. The predicted molar refractivity (Wildman–Crippen MR) is 108 cm³/mol. The highest BCUT2D eigenvalue weighted by molar-refractivity contribution is 7.99. The lowest BCUT2D eigenvalue weighted by molar-refractivity contribution is -0.116. The molecular formula is C21H21FN2O3S. The zero-order valence-corrected chi connectivity index (χ0v) is 16.3. The van der Waals surface area contributed by atoms with Gasteiger partial charge in [-0.1, -0.05) is 6.07 Å². The topological polar surface area (TPSA) is 71.3 Å². The van der Waals surface area contributed by atoms with Crippen molar-refractivity contribution in [2.24, 2.45) is 0 Å². The average Bonchev–Trinajstić information content (AvgIpc) is 2.72. The first kappa shape index (κ1) is 21.3. The number of methoxy groups -OCH3 is 1. The van der Waals surface area contributed by atoms with E-state index in [2.05, 4.69) is 5.32 Å². The number of rotatable bonds is 10. The molecule has 0 fully saturated rings. The highest BCUT2D eigenvalue weighted by Crippen LogP contribution is 2.28. The molecule has 0 bridgehead atoms. The maximum absolute atomic E-state index is 12.8. The molecular weight excluding hydrogens is 379 g/mol. The van der Waals surface area contributed by atoms with E-state index in [1.165, 1.54) is 25.3 Å². The zero-order chi connectivity index (χ0) is 20.2. The third kappa shape index (κ3) is 7.33. The number of amides is 1. The third-order valence-electron chi connectivity index (χ3n) is 3.61. The van der Waals surface area contributed by atoms with Crippen LogP contribution < -0.4 is 14.8 Å². The second-order valence-corrected chi connectivity index (χ2v) is 6.81. The monoisotopic (exact) mass is 400 g/mol.